The summed E-state index contributed by atoms with van der Waals surface area (Å²) < 4.78 is 23.8. The van der Waals surface area contributed by atoms with Crippen LogP contribution in [0.5, 0.6) is 0 Å². The summed E-state index contributed by atoms with van der Waals surface area (Å²) in [4.78, 5) is 11.7. The van der Waals surface area contributed by atoms with Gasteiger partial charge in [0.2, 0.25) is 0 Å². The molecular formula is C13H15FO4. The van der Waals surface area contributed by atoms with Crippen molar-refractivity contribution in [3.8, 4) is 0 Å². The number of benzene rings is 1. The molecule has 0 spiro atoms. The molecule has 1 fully saturated rings. The van der Waals surface area contributed by atoms with Gasteiger partial charge in [0.15, 0.2) is 0 Å². The molecule has 98 valence electrons. The summed E-state index contributed by atoms with van der Waals surface area (Å²) in [5.41, 5.74) is -0.160. The van der Waals surface area contributed by atoms with Crippen molar-refractivity contribution in [3.05, 3.63) is 35.1 Å². The molecule has 0 radical (unpaired) electrons. The maximum atomic E-state index is 14.0. The lowest BCUT2D eigenvalue weighted by atomic mass is 9.79. The number of carbonyl (C=O) groups is 1. The van der Waals surface area contributed by atoms with Crippen LogP contribution in [0.3, 0.4) is 0 Å². The Bertz CT molecular complexity index is 454. The molecule has 2 rings (SSSR count). The van der Waals surface area contributed by atoms with Crippen molar-refractivity contribution in [2.75, 3.05) is 20.3 Å². The van der Waals surface area contributed by atoms with E-state index in [-0.39, 0.29) is 37.8 Å². The molecule has 1 aromatic carbocycles. The minimum atomic E-state index is -0.788. The van der Waals surface area contributed by atoms with Crippen molar-refractivity contribution in [1.82, 2.24) is 0 Å². The van der Waals surface area contributed by atoms with Crippen LogP contribution in [0.2, 0.25) is 0 Å². The smallest absolute Gasteiger partial charge is 0.316 e. The van der Waals surface area contributed by atoms with Crippen LogP contribution in [0.25, 0.3) is 0 Å². The molecule has 0 bridgehead atoms. The number of hydrogen-bond donors (Lipinski definition) is 1. The molecule has 1 aliphatic rings. The van der Waals surface area contributed by atoms with E-state index in [0.29, 0.717) is 5.56 Å². The second kappa shape index (κ2) is 5.04. The Hall–Kier alpha value is -1.46. The lowest BCUT2D eigenvalue weighted by molar-refractivity contribution is -0.183. The third kappa shape index (κ3) is 2.11. The SMILES string of the molecule is COC(=O)C1(Cc2cccc(CO)c2F)COC1. The fraction of sp³-hybridized carbons (Fsp3) is 0.462. The number of aliphatic hydroxyl groups excluding tert-OH is 1. The first kappa shape index (κ1) is 13.0. The van der Waals surface area contributed by atoms with Crippen molar-refractivity contribution in [1.29, 1.82) is 0 Å². The van der Waals surface area contributed by atoms with Crippen LogP contribution >= 0.6 is 0 Å². The number of methoxy groups -OCH3 is 1. The van der Waals surface area contributed by atoms with Gasteiger partial charge in [-0.25, -0.2) is 4.39 Å². The summed E-state index contributed by atoms with van der Waals surface area (Å²) >= 11 is 0. The Morgan fingerprint density at radius 2 is 2.17 bits per heavy atom. The third-order valence-electron chi connectivity index (χ3n) is 3.23. The van der Waals surface area contributed by atoms with Gasteiger partial charge in [0.25, 0.3) is 0 Å². The Labute approximate surface area is 104 Å². The lowest BCUT2D eigenvalue weighted by Gasteiger charge is -2.38. The van der Waals surface area contributed by atoms with Gasteiger partial charge in [-0.2, -0.15) is 0 Å². The minimum Gasteiger partial charge on any atom is -0.468 e. The minimum absolute atomic E-state index is 0.222. The second-order valence-electron chi connectivity index (χ2n) is 4.49. The zero-order valence-corrected chi connectivity index (χ0v) is 10.1. The van der Waals surface area contributed by atoms with E-state index >= 15 is 0 Å². The number of carbonyl (C=O) groups excluding carboxylic acids is 1. The molecule has 1 N–H and O–H groups in total. The largest absolute Gasteiger partial charge is 0.468 e. The maximum Gasteiger partial charge on any atom is 0.316 e. The number of halogens is 1. The molecule has 0 saturated carbocycles. The average Bonchev–Trinajstić information content (AvgIpc) is 2.34. The number of hydrogen-bond acceptors (Lipinski definition) is 4. The topological polar surface area (TPSA) is 55.8 Å². The molecule has 0 aliphatic carbocycles. The average molecular weight is 254 g/mol. The summed E-state index contributed by atoms with van der Waals surface area (Å²) in [6.07, 6.45) is 0.222. The van der Waals surface area contributed by atoms with Crippen LogP contribution in [-0.4, -0.2) is 31.4 Å². The molecule has 1 aromatic rings. The van der Waals surface area contributed by atoms with Crippen molar-refractivity contribution in [3.63, 3.8) is 0 Å². The lowest BCUT2D eigenvalue weighted by Crippen LogP contribution is -2.51. The van der Waals surface area contributed by atoms with Crippen LogP contribution in [0.4, 0.5) is 4.39 Å². The normalized spacial score (nSPS) is 17.1. The van der Waals surface area contributed by atoms with E-state index in [2.05, 4.69) is 0 Å². The third-order valence-corrected chi connectivity index (χ3v) is 3.23. The fourth-order valence-electron chi connectivity index (χ4n) is 2.11. The van der Waals surface area contributed by atoms with Crippen molar-refractivity contribution in [2.24, 2.45) is 5.41 Å². The highest BCUT2D eigenvalue weighted by atomic mass is 19.1. The van der Waals surface area contributed by atoms with E-state index in [1.54, 1.807) is 12.1 Å². The number of rotatable bonds is 4. The van der Waals surface area contributed by atoms with Gasteiger partial charge in [0.05, 0.1) is 26.9 Å². The highest BCUT2D eigenvalue weighted by Crippen LogP contribution is 2.34. The molecule has 5 heteroatoms. The van der Waals surface area contributed by atoms with E-state index < -0.39 is 11.2 Å². The van der Waals surface area contributed by atoms with Gasteiger partial charge >= 0.3 is 5.97 Å². The second-order valence-corrected chi connectivity index (χ2v) is 4.49. The summed E-state index contributed by atoms with van der Waals surface area (Å²) in [6.45, 7) is 0.117. The highest BCUT2D eigenvalue weighted by molar-refractivity contribution is 5.78. The summed E-state index contributed by atoms with van der Waals surface area (Å²) in [5, 5.41) is 9.01. The zero-order chi connectivity index (χ0) is 13.2. The summed E-state index contributed by atoms with van der Waals surface area (Å²) in [7, 11) is 1.31. The van der Waals surface area contributed by atoms with Gasteiger partial charge < -0.3 is 14.6 Å². The Kier molecular flexibility index (Phi) is 3.63. The predicted octanol–water partition coefficient (Wildman–Crippen LogP) is 1.05. The number of esters is 1. The molecule has 18 heavy (non-hydrogen) atoms. The zero-order valence-electron chi connectivity index (χ0n) is 10.1. The molecule has 1 heterocycles. The van der Waals surface area contributed by atoms with E-state index in [4.69, 9.17) is 14.6 Å². The van der Waals surface area contributed by atoms with Gasteiger partial charge in [-0.15, -0.1) is 0 Å². The van der Waals surface area contributed by atoms with E-state index in [1.807, 2.05) is 0 Å². The number of ether oxygens (including phenoxy) is 2. The van der Waals surface area contributed by atoms with Gasteiger partial charge in [0, 0.05) is 5.56 Å². The van der Waals surface area contributed by atoms with E-state index in [9.17, 15) is 9.18 Å². The number of aliphatic hydroxyl groups is 1. The van der Waals surface area contributed by atoms with Crippen LogP contribution < -0.4 is 0 Å². The van der Waals surface area contributed by atoms with Crippen molar-refractivity contribution in [2.45, 2.75) is 13.0 Å². The van der Waals surface area contributed by atoms with Crippen LogP contribution in [0, 0.1) is 11.2 Å². The van der Waals surface area contributed by atoms with Gasteiger partial charge in [-0.05, 0) is 12.0 Å². The van der Waals surface area contributed by atoms with E-state index in [1.165, 1.54) is 13.2 Å². The summed E-state index contributed by atoms with van der Waals surface area (Å²) in [5.74, 6) is -0.849. The first-order chi connectivity index (χ1) is 8.63. The highest BCUT2D eigenvalue weighted by Gasteiger charge is 2.47. The van der Waals surface area contributed by atoms with E-state index in [0.717, 1.165) is 0 Å². The maximum absolute atomic E-state index is 14.0. The molecule has 1 saturated heterocycles. The first-order valence-electron chi connectivity index (χ1n) is 5.66. The molecule has 4 nitrogen and oxygen atoms in total. The van der Waals surface area contributed by atoms with Crippen LogP contribution in [-0.2, 0) is 27.3 Å². The van der Waals surface area contributed by atoms with Crippen molar-refractivity contribution >= 4 is 5.97 Å². The van der Waals surface area contributed by atoms with Crippen molar-refractivity contribution < 1.29 is 23.8 Å². The van der Waals surface area contributed by atoms with Gasteiger partial charge in [-0.3, -0.25) is 4.79 Å². The molecule has 1 aliphatic heterocycles. The Balaban J connectivity index is 2.25. The summed E-state index contributed by atoms with van der Waals surface area (Å²) in [6, 6.07) is 4.78. The monoisotopic (exact) mass is 254 g/mol. The fourth-order valence-corrected chi connectivity index (χ4v) is 2.11. The van der Waals surface area contributed by atoms with Gasteiger partial charge in [-0.1, -0.05) is 18.2 Å². The Morgan fingerprint density at radius 3 is 2.67 bits per heavy atom. The van der Waals surface area contributed by atoms with Crippen LogP contribution in [0.15, 0.2) is 18.2 Å². The Morgan fingerprint density at radius 1 is 1.50 bits per heavy atom. The molecule has 0 unspecified atom stereocenters. The first-order valence-corrected chi connectivity index (χ1v) is 5.66. The molecule has 0 aromatic heterocycles. The van der Waals surface area contributed by atoms with Gasteiger partial charge in [0.1, 0.15) is 11.2 Å². The molecular weight excluding hydrogens is 239 g/mol. The standard InChI is InChI=1S/C13H15FO4/c1-17-12(16)13(7-18-8-13)5-9-3-2-4-10(6-15)11(9)14/h2-4,15H,5-8H2,1H3. The predicted molar refractivity (Wildman–Crippen MR) is 61.3 cm³/mol. The van der Waals surface area contributed by atoms with Crippen LogP contribution in [0.1, 0.15) is 11.1 Å². The molecule has 0 atom stereocenters. The molecule has 0 amide bonds. The quantitative estimate of drug-likeness (QED) is 0.816.